The number of aromatic nitrogens is 4. The van der Waals surface area contributed by atoms with Crippen molar-refractivity contribution in [3.8, 4) is 0 Å². The van der Waals surface area contributed by atoms with Crippen LogP contribution >= 0.6 is 0 Å². The van der Waals surface area contributed by atoms with Crippen LogP contribution in [0.15, 0.2) is 30.6 Å². The highest BCUT2D eigenvalue weighted by Crippen LogP contribution is 2.31. The van der Waals surface area contributed by atoms with Crippen LogP contribution in [-0.2, 0) is 24.2 Å². The zero-order valence-electron chi connectivity index (χ0n) is 19.8. The van der Waals surface area contributed by atoms with Crippen LogP contribution in [0.3, 0.4) is 0 Å². The molecule has 0 radical (unpaired) electrons. The molecule has 7 heteroatoms. The number of carbonyl (C=O) groups excluding carboxylic acids is 1. The summed E-state index contributed by atoms with van der Waals surface area (Å²) in [5.74, 6) is 2.18. The second-order valence-corrected chi connectivity index (χ2v) is 9.21. The second-order valence-electron chi connectivity index (χ2n) is 9.21. The van der Waals surface area contributed by atoms with E-state index < -0.39 is 0 Å². The molecule has 0 bridgehead atoms. The molecule has 1 saturated heterocycles. The molecule has 2 aliphatic heterocycles. The summed E-state index contributed by atoms with van der Waals surface area (Å²) in [5, 5.41) is 0. The first-order valence-electron chi connectivity index (χ1n) is 12.6. The van der Waals surface area contributed by atoms with Crippen LogP contribution < -0.4 is 9.80 Å². The van der Waals surface area contributed by atoms with E-state index in [1.165, 1.54) is 24.8 Å². The average molecular weight is 447 g/mol. The van der Waals surface area contributed by atoms with Crippen molar-refractivity contribution in [2.45, 2.75) is 65.3 Å². The van der Waals surface area contributed by atoms with Crippen LogP contribution in [0.1, 0.15) is 57.3 Å². The van der Waals surface area contributed by atoms with E-state index in [2.05, 4.69) is 51.5 Å². The molecule has 1 atom stereocenters. The van der Waals surface area contributed by atoms with Gasteiger partial charge in [-0.15, -0.1) is 0 Å². The molecule has 0 aliphatic carbocycles. The number of carbonyl (C=O) groups is 1. The lowest BCUT2D eigenvalue weighted by atomic mass is 9.95. The lowest BCUT2D eigenvalue weighted by Gasteiger charge is -2.35. The van der Waals surface area contributed by atoms with E-state index in [9.17, 15) is 4.79 Å². The first-order valence-corrected chi connectivity index (χ1v) is 12.6. The summed E-state index contributed by atoms with van der Waals surface area (Å²) < 4.78 is 2.28. The van der Waals surface area contributed by atoms with Gasteiger partial charge in [0, 0.05) is 38.3 Å². The maximum Gasteiger partial charge on any atom is 0.231 e. The van der Waals surface area contributed by atoms with Gasteiger partial charge >= 0.3 is 0 Å². The SMILES string of the molecule is CCc1ccccc1N(CC)C(=O)C1CCCN(c2ncnc3c2nc2n3CCCCC2)C1. The first kappa shape index (κ1) is 21.9. The molecule has 7 nitrogen and oxygen atoms in total. The minimum Gasteiger partial charge on any atom is -0.354 e. The maximum atomic E-state index is 13.7. The Bertz CT molecular complexity index is 1140. The molecule has 1 unspecified atom stereocenters. The summed E-state index contributed by atoms with van der Waals surface area (Å²) in [7, 11) is 0. The Morgan fingerprint density at radius 1 is 1.09 bits per heavy atom. The topological polar surface area (TPSA) is 67.2 Å². The van der Waals surface area contributed by atoms with Crippen molar-refractivity contribution in [3.05, 3.63) is 42.0 Å². The smallest absolute Gasteiger partial charge is 0.231 e. The van der Waals surface area contributed by atoms with E-state index in [-0.39, 0.29) is 11.8 Å². The number of imidazole rings is 1. The standard InChI is InChI=1S/C26H34N6O/c1-3-19-11-7-8-13-21(19)31(4-2)26(33)20-12-10-15-30(17-20)24-23-25(28-18-27-24)32-16-9-5-6-14-22(32)29-23/h7-8,11,13,18,20H,3-6,9-10,12,14-17H2,1-2H3. The number of fused-ring (bicyclic) bond motifs is 3. The summed E-state index contributed by atoms with van der Waals surface area (Å²) >= 11 is 0. The van der Waals surface area contributed by atoms with Gasteiger partial charge < -0.3 is 14.4 Å². The van der Waals surface area contributed by atoms with E-state index in [1.54, 1.807) is 6.33 Å². The van der Waals surface area contributed by atoms with Crippen LogP contribution in [0.5, 0.6) is 0 Å². The highest BCUT2D eigenvalue weighted by Gasteiger charge is 2.32. The summed E-state index contributed by atoms with van der Waals surface area (Å²) in [4.78, 5) is 32.2. The molecule has 5 rings (SSSR count). The average Bonchev–Trinajstić information content (AvgIpc) is 3.05. The third kappa shape index (κ3) is 4.09. The van der Waals surface area contributed by atoms with Crippen LogP contribution in [0.4, 0.5) is 11.5 Å². The van der Waals surface area contributed by atoms with Crippen molar-refractivity contribution >= 4 is 28.6 Å². The summed E-state index contributed by atoms with van der Waals surface area (Å²) in [6.45, 7) is 7.45. The van der Waals surface area contributed by atoms with Crippen molar-refractivity contribution < 1.29 is 4.79 Å². The van der Waals surface area contributed by atoms with E-state index in [0.29, 0.717) is 13.1 Å². The lowest BCUT2D eigenvalue weighted by molar-refractivity contribution is -0.122. The van der Waals surface area contributed by atoms with E-state index in [0.717, 1.165) is 67.3 Å². The number of anilines is 2. The number of para-hydroxylation sites is 1. The fraction of sp³-hybridized carbons (Fsp3) is 0.538. The van der Waals surface area contributed by atoms with Crippen LogP contribution in [-0.4, -0.2) is 45.1 Å². The highest BCUT2D eigenvalue weighted by atomic mass is 16.2. The number of benzene rings is 1. The number of amides is 1. The predicted molar refractivity (Wildman–Crippen MR) is 132 cm³/mol. The molecule has 0 spiro atoms. The molecule has 174 valence electrons. The molecule has 2 aliphatic rings. The molecule has 1 aromatic carbocycles. The Hall–Kier alpha value is -2.96. The number of aryl methyl sites for hydroxylation is 3. The fourth-order valence-corrected chi connectivity index (χ4v) is 5.47. The molecular weight excluding hydrogens is 412 g/mol. The van der Waals surface area contributed by atoms with Crippen molar-refractivity contribution in [1.29, 1.82) is 0 Å². The van der Waals surface area contributed by atoms with Gasteiger partial charge in [0.25, 0.3) is 0 Å². The van der Waals surface area contributed by atoms with E-state index in [1.807, 2.05) is 11.0 Å². The van der Waals surface area contributed by atoms with Crippen molar-refractivity contribution in [2.75, 3.05) is 29.4 Å². The van der Waals surface area contributed by atoms with Gasteiger partial charge in [-0.25, -0.2) is 15.0 Å². The molecule has 0 N–H and O–H groups in total. The quantitative estimate of drug-likeness (QED) is 0.582. The van der Waals surface area contributed by atoms with Gasteiger partial charge in [-0.05, 0) is 50.7 Å². The van der Waals surface area contributed by atoms with Crippen LogP contribution in [0, 0.1) is 5.92 Å². The fourth-order valence-electron chi connectivity index (χ4n) is 5.47. The van der Waals surface area contributed by atoms with E-state index in [4.69, 9.17) is 4.98 Å². The number of hydrogen-bond donors (Lipinski definition) is 0. The Kier molecular flexibility index (Phi) is 6.29. The zero-order chi connectivity index (χ0) is 22.8. The third-order valence-electron chi connectivity index (χ3n) is 7.19. The van der Waals surface area contributed by atoms with Crippen molar-refractivity contribution in [1.82, 2.24) is 19.5 Å². The molecule has 4 heterocycles. The molecule has 1 fully saturated rings. The highest BCUT2D eigenvalue weighted by molar-refractivity contribution is 5.96. The maximum absolute atomic E-state index is 13.7. The summed E-state index contributed by atoms with van der Waals surface area (Å²) in [6, 6.07) is 8.28. The third-order valence-corrected chi connectivity index (χ3v) is 7.19. The van der Waals surface area contributed by atoms with E-state index >= 15 is 0 Å². The first-order chi connectivity index (χ1) is 16.2. The number of hydrogen-bond acceptors (Lipinski definition) is 5. The largest absolute Gasteiger partial charge is 0.354 e. The summed E-state index contributed by atoms with van der Waals surface area (Å²) in [6.07, 6.45) is 9.06. The summed E-state index contributed by atoms with van der Waals surface area (Å²) in [5.41, 5.74) is 4.10. The Morgan fingerprint density at radius 3 is 2.82 bits per heavy atom. The lowest BCUT2D eigenvalue weighted by Crippen LogP contribution is -2.45. The number of nitrogens with zero attached hydrogens (tertiary/aromatic N) is 6. The molecule has 2 aromatic heterocycles. The normalized spacial score (nSPS) is 18.7. The van der Waals surface area contributed by atoms with Gasteiger partial charge in [-0.1, -0.05) is 31.5 Å². The van der Waals surface area contributed by atoms with Gasteiger partial charge in [0.1, 0.15) is 12.2 Å². The Morgan fingerprint density at radius 2 is 1.97 bits per heavy atom. The molecular formula is C26H34N6O. The van der Waals surface area contributed by atoms with Crippen LogP contribution in [0.2, 0.25) is 0 Å². The molecule has 1 amide bonds. The van der Waals surface area contributed by atoms with Gasteiger partial charge in [-0.3, -0.25) is 4.79 Å². The van der Waals surface area contributed by atoms with Gasteiger partial charge in [0.05, 0.1) is 5.92 Å². The Balaban J connectivity index is 1.42. The zero-order valence-corrected chi connectivity index (χ0v) is 19.8. The van der Waals surface area contributed by atoms with Crippen molar-refractivity contribution in [3.63, 3.8) is 0 Å². The van der Waals surface area contributed by atoms with Gasteiger partial charge in [0.15, 0.2) is 17.0 Å². The minimum atomic E-state index is -0.0472. The van der Waals surface area contributed by atoms with Gasteiger partial charge in [0.2, 0.25) is 5.91 Å². The number of piperidine rings is 1. The monoisotopic (exact) mass is 446 g/mol. The number of rotatable bonds is 5. The predicted octanol–water partition coefficient (Wildman–Crippen LogP) is 4.38. The Labute approximate surface area is 195 Å². The molecule has 0 saturated carbocycles. The minimum absolute atomic E-state index is 0.0472. The van der Waals surface area contributed by atoms with Crippen molar-refractivity contribution in [2.24, 2.45) is 5.92 Å². The molecule has 3 aromatic rings. The second kappa shape index (κ2) is 9.49. The van der Waals surface area contributed by atoms with Gasteiger partial charge in [-0.2, -0.15) is 0 Å². The van der Waals surface area contributed by atoms with Crippen LogP contribution in [0.25, 0.3) is 11.2 Å². The molecule has 33 heavy (non-hydrogen) atoms.